The van der Waals surface area contributed by atoms with Crippen molar-refractivity contribution in [2.75, 3.05) is 14.2 Å². The molecular formula is C35H29N5O6. The van der Waals surface area contributed by atoms with Crippen LogP contribution >= 0.6 is 0 Å². The number of hydrogen-bond donors (Lipinski definition) is 1. The molecule has 1 fully saturated rings. The molecule has 9 rings (SSSR count). The second-order valence-corrected chi connectivity index (χ2v) is 12.5. The van der Waals surface area contributed by atoms with Gasteiger partial charge < -0.3 is 28.8 Å². The summed E-state index contributed by atoms with van der Waals surface area (Å²) in [5.74, 6) is -0.443. The minimum absolute atomic E-state index is 0.0917. The number of hydrogen-bond acceptors (Lipinski definition) is 6. The van der Waals surface area contributed by atoms with Gasteiger partial charge in [0.25, 0.3) is 17.5 Å². The number of amides is 2. The Morgan fingerprint density at radius 2 is 1.76 bits per heavy atom. The molecule has 0 radical (unpaired) electrons. The molecule has 11 nitrogen and oxygen atoms in total. The molecule has 0 aliphatic carbocycles. The van der Waals surface area contributed by atoms with E-state index in [2.05, 4.69) is 38.7 Å². The number of nitro groups is 1. The Labute approximate surface area is 262 Å². The predicted octanol–water partition coefficient (Wildman–Crippen LogP) is 5.82. The zero-order valence-electron chi connectivity index (χ0n) is 25.3. The number of para-hydroxylation sites is 2. The van der Waals surface area contributed by atoms with E-state index in [-0.39, 0.29) is 23.1 Å². The van der Waals surface area contributed by atoms with Crippen molar-refractivity contribution in [3.05, 3.63) is 99.6 Å². The number of carbonyl (C=O) groups excluding carboxylic acids is 2. The second-order valence-electron chi connectivity index (χ2n) is 12.5. The van der Waals surface area contributed by atoms with Gasteiger partial charge >= 0.3 is 0 Å². The highest BCUT2D eigenvalue weighted by atomic mass is 16.6. The first kappa shape index (κ1) is 27.1. The normalized spacial score (nSPS) is 23.3. The third-order valence-electron chi connectivity index (χ3n) is 10.3. The quantitative estimate of drug-likeness (QED) is 0.197. The number of aromatic nitrogens is 2. The molecule has 2 amide bonds. The smallest absolute Gasteiger partial charge is 0.270 e. The van der Waals surface area contributed by atoms with E-state index in [9.17, 15) is 19.7 Å². The van der Waals surface area contributed by atoms with Crippen molar-refractivity contribution in [2.24, 2.45) is 0 Å². The molecule has 2 bridgehead atoms. The van der Waals surface area contributed by atoms with Crippen LogP contribution in [-0.2, 0) is 21.7 Å². The summed E-state index contributed by atoms with van der Waals surface area (Å²) in [7, 11) is 3.35. The summed E-state index contributed by atoms with van der Waals surface area (Å²) in [6, 6.07) is 21.5. The van der Waals surface area contributed by atoms with Crippen molar-refractivity contribution < 1.29 is 24.0 Å². The van der Waals surface area contributed by atoms with Crippen LogP contribution in [0.25, 0.3) is 43.6 Å². The van der Waals surface area contributed by atoms with E-state index in [1.807, 2.05) is 31.2 Å². The van der Waals surface area contributed by atoms with Crippen LogP contribution in [-0.4, -0.2) is 57.1 Å². The number of ether oxygens (including phenoxy) is 2. The van der Waals surface area contributed by atoms with E-state index in [0.29, 0.717) is 18.5 Å². The Morgan fingerprint density at radius 3 is 2.50 bits per heavy atom. The van der Waals surface area contributed by atoms with Crippen LogP contribution in [0.15, 0.2) is 72.8 Å². The zero-order chi connectivity index (χ0) is 31.6. The van der Waals surface area contributed by atoms with Gasteiger partial charge in [0.05, 0.1) is 38.6 Å². The molecule has 3 aliphatic heterocycles. The molecule has 1 N–H and O–H groups in total. The number of nitrogens with one attached hydrogen (secondary N) is 1. The van der Waals surface area contributed by atoms with Gasteiger partial charge in [-0.1, -0.05) is 42.5 Å². The molecular weight excluding hydrogens is 586 g/mol. The molecule has 1 saturated heterocycles. The van der Waals surface area contributed by atoms with Crippen LogP contribution in [0.1, 0.15) is 45.9 Å². The third kappa shape index (κ3) is 3.23. The molecule has 4 aromatic carbocycles. The fourth-order valence-corrected chi connectivity index (χ4v) is 8.50. The van der Waals surface area contributed by atoms with Crippen molar-refractivity contribution >= 4 is 61.1 Å². The Kier molecular flexibility index (Phi) is 5.39. The Hall–Kier alpha value is -5.26. The van der Waals surface area contributed by atoms with Gasteiger partial charge in [0.15, 0.2) is 5.72 Å². The standard InChI is InChI=1S/C35H29N5O6/c1-35-32(45-3)25(37(2)34(42)18-9-8-10-19(15-18)40(43)44)16-26(46-35)38-23-13-6-4-11-20(23)28-29-22(17-36-33(29)41)27-21-12-5-7-14-24(21)39(35)31(27)30(28)38/h4-15,25-26,32H,16-17H2,1-3H3,(H,36,41)/t25-,26-,32-,35+/m1/s1. The van der Waals surface area contributed by atoms with Gasteiger partial charge in [-0.15, -0.1) is 0 Å². The highest BCUT2D eigenvalue weighted by molar-refractivity contribution is 6.31. The number of fused-ring (bicyclic) bond motifs is 13. The lowest BCUT2D eigenvalue weighted by molar-refractivity contribution is -0.384. The summed E-state index contributed by atoms with van der Waals surface area (Å²) >= 11 is 0. The highest BCUT2D eigenvalue weighted by Crippen LogP contribution is 2.54. The molecule has 46 heavy (non-hydrogen) atoms. The summed E-state index contributed by atoms with van der Waals surface area (Å²) in [6.45, 7) is 2.43. The van der Waals surface area contributed by atoms with Crippen molar-refractivity contribution in [1.29, 1.82) is 0 Å². The summed E-state index contributed by atoms with van der Waals surface area (Å²) in [5.41, 5.74) is 4.38. The predicted molar refractivity (Wildman–Crippen MR) is 172 cm³/mol. The maximum atomic E-state index is 14.0. The molecule has 4 atom stereocenters. The highest BCUT2D eigenvalue weighted by Gasteiger charge is 2.55. The summed E-state index contributed by atoms with van der Waals surface area (Å²) in [4.78, 5) is 40.3. The van der Waals surface area contributed by atoms with Crippen molar-refractivity contribution in [3.63, 3.8) is 0 Å². The monoisotopic (exact) mass is 615 g/mol. The van der Waals surface area contributed by atoms with Gasteiger partial charge in [0, 0.05) is 66.4 Å². The largest absolute Gasteiger partial charge is 0.374 e. The summed E-state index contributed by atoms with van der Waals surface area (Å²) < 4.78 is 17.9. The third-order valence-corrected chi connectivity index (χ3v) is 10.3. The molecule has 0 saturated carbocycles. The second kappa shape index (κ2) is 9.15. The first-order valence-electron chi connectivity index (χ1n) is 15.3. The van der Waals surface area contributed by atoms with Crippen LogP contribution in [0.2, 0.25) is 0 Å². The number of methoxy groups -OCH3 is 1. The summed E-state index contributed by atoms with van der Waals surface area (Å²) in [6.07, 6.45) is -0.782. The van der Waals surface area contributed by atoms with Crippen LogP contribution in [0.4, 0.5) is 5.69 Å². The van der Waals surface area contributed by atoms with Crippen LogP contribution in [0.5, 0.6) is 0 Å². The Balaban J connectivity index is 1.36. The van der Waals surface area contributed by atoms with Gasteiger partial charge in [-0.2, -0.15) is 0 Å². The van der Waals surface area contributed by atoms with Gasteiger partial charge in [-0.05, 0) is 30.7 Å². The van der Waals surface area contributed by atoms with Gasteiger partial charge in [-0.25, -0.2) is 0 Å². The zero-order valence-corrected chi connectivity index (χ0v) is 25.3. The maximum Gasteiger partial charge on any atom is 0.270 e. The van der Waals surface area contributed by atoms with Crippen LogP contribution < -0.4 is 5.32 Å². The molecule has 11 heteroatoms. The SMILES string of the molecule is CO[C@@H]1[C@H](N(C)C(=O)c2cccc([N+](=O)[O-])c2)C[C@H]2O[C@]1(C)n1c3ccccc3c3c4c(c5c6ccccc6n2c5c31)C(=O)NC4. The van der Waals surface area contributed by atoms with E-state index >= 15 is 0 Å². The minimum Gasteiger partial charge on any atom is -0.374 e. The van der Waals surface area contributed by atoms with Crippen LogP contribution in [0, 0.1) is 10.1 Å². The van der Waals surface area contributed by atoms with E-state index in [4.69, 9.17) is 9.47 Å². The average Bonchev–Trinajstić information content (AvgIpc) is 3.71. The average molecular weight is 616 g/mol. The Bertz CT molecular complexity index is 2360. The number of rotatable bonds is 4. The molecule has 5 heterocycles. The molecule has 0 spiro atoms. The molecule has 2 aromatic heterocycles. The fraction of sp³-hybridized carbons (Fsp3) is 0.257. The van der Waals surface area contributed by atoms with Gasteiger partial charge in [-0.3, -0.25) is 19.7 Å². The topological polar surface area (TPSA) is 121 Å². The van der Waals surface area contributed by atoms with E-state index in [1.54, 1.807) is 25.1 Å². The minimum atomic E-state index is -1.10. The number of nitrogens with zero attached hydrogens (tertiary/aromatic N) is 4. The van der Waals surface area contributed by atoms with Crippen LogP contribution in [0.3, 0.4) is 0 Å². The summed E-state index contributed by atoms with van der Waals surface area (Å²) in [5, 5.41) is 18.5. The number of nitro benzene ring substituents is 1. The van der Waals surface area contributed by atoms with Crippen molar-refractivity contribution in [3.8, 4) is 0 Å². The number of non-ortho nitro benzene ring substituents is 1. The lowest BCUT2D eigenvalue weighted by Crippen LogP contribution is -2.61. The van der Waals surface area contributed by atoms with Gasteiger partial charge in [0.1, 0.15) is 12.3 Å². The first-order valence-corrected chi connectivity index (χ1v) is 15.3. The fourth-order valence-electron chi connectivity index (χ4n) is 8.50. The lowest BCUT2D eigenvalue weighted by Gasteiger charge is -2.50. The lowest BCUT2D eigenvalue weighted by atomic mass is 9.91. The molecule has 230 valence electrons. The van der Waals surface area contributed by atoms with E-state index < -0.39 is 29.0 Å². The van der Waals surface area contributed by atoms with Crippen molar-refractivity contribution in [1.82, 2.24) is 19.4 Å². The van der Waals surface area contributed by atoms with E-state index in [1.165, 1.54) is 18.2 Å². The number of benzene rings is 4. The molecule has 3 aliphatic rings. The van der Waals surface area contributed by atoms with Gasteiger partial charge in [0.2, 0.25) is 0 Å². The molecule has 6 aromatic rings. The van der Waals surface area contributed by atoms with Crippen molar-refractivity contribution in [2.45, 2.75) is 44.0 Å². The maximum absolute atomic E-state index is 14.0. The molecule has 0 unspecified atom stereocenters. The first-order chi connectivity index (χ1) is 22.2. The Morgan fingerprint density at radius 1 is 1.04 bits per heavy atom. The number of carbonyl (C=O) groups is 2. The number of likely N-dealkylation sites (N-methyl/N-ethyl adjacent to an activating group) is 1. The van der Waals surface area contributed by atoms with E-state index in [0.717, 1.165) is 49.2 Å².